The molecule has 2 aromatic rings. The van der Waals surface area contributed by atoms with Crippen LogP contribution in [0.2, 0.25) is 0 Å². The number of aromatic nitrogens is 1. The Morgan fingerprint density at radius 1 is 1.22 bits per heavy atom. The molecule has 94 valence electrons. The molecule has 7 heteroatoms. The van der Waals surface area contributed by atoms with E-state index in [-0.39, 0.29) is 10.6 Å². The van der Waals surface area contributed by atoms with Crippen LogP contribution in [0.15, 0.2) is 47.6 Å². The van der Waals surface area contributed by atoms with E-state index in [0.29, 0.717) is 0 Å². The topological polar surface area (TPSA) is 85.1 Å². The summed E-state index contributed by atoms with van der Waals surface area (Å²) in [5.41, 5.74) is 5.28. The second-order valence-electron chi connectivity index (χ2n) is 3.50. The van der Waals surface area contributed by atoms with Gasteiger partial charge < -0.3 is 5.73 Å². The first-order valence-corrected chi connectivity index (χ1v) is 6.46. The molecule has 0 unspecified atom stereocenters. The third-order valence-electron chi connectivity index (χ3n) is 2.22. The molecule has 0 atom stereocenters. The predicted molar refractivity (Wildman–Crippen MR) is 65.9 cm³/mol. The number of nitrogens with two attached hydrogens (primary N) is 1. The molecule has 2 rings (SSSR count). The van der Waals surface area contributed by atoms with Crippen LogP contribution in [0.3, 0.4) is 0 Å². The van der Waals surface area contributed by atoms with Crippen LogP contribution < -0.4 is 10.5 Å². The lowest BCUT2D eigenvalue weighted by Crippen LogP contribution is -2.15. The normalized spacial score (nSPS) is 11.2. The molecule has 3 N–H and O–H groups in total. The van der Waals surface area contributed by atoms with Crippen LogP contribution in [0.5, 0.6) is 0 Å². The monoisotopic (exact) mass is 267 g/mol. The molecule has 0 amide bonds. The number of anilines is 2. The zero-order valence-corrected chi connectivity index (χ0v) is 9.99. The van der Waals surface area contributed by atoms with Crippen LogP contribution in [0.4, 0.5) is 15.8 Å². The Hall–Kier alpha value is -2.15. The number of hydrogen-bond donors (Lipinski definition) is 2. The maximum Gasteiger partial charge on any atom is 0.264 e. The molecule has 18 heavy (non-hydrogen) atoms. The van der Waals surface area contributed by atoms with Gasteiger partial charge in [-0.2, -0.15) is 0 Å². The fraction of sp³-hybridized carbons (Fsp3) is 0. The van der Waals surface area contributed by atoms with E-state index in [1.807, 2.05) is 0 Å². The molecule has 0 aliphatic heterocycles. The van der Waals surface area contributed by atoms with Crippen molar-refractivity contribution in [2.24, 2.45) is 0 Å². The Morgan fingerprint density at radius 3 is 2.67 bits per heavy atom. The second kappa shape index (κ2) is 4.61. The minimum Gasteiger partial charge on any atom is -0.395 e. The summed E-state index contributed by atoms with van der Waals surface area (Å²) in [6.45, 7) is 0. The molecule has 0 saturated carbocycles. The molecular formula is C11H10FN3O2S. The molecule has 0 bridgehead atoms. The highest BCUT2D eigenvalue weighted by molar-refractivity contribution is 7.92. The van der Waals surface area contributed by atoms with Crippen molar-refractivity contribution < 1.29 is 12.8 Å². The van der Waals surface area contributed by atoms with E-state index in [4.69, 9.17) is 5.73 Å². The third kappa shape index (κ3) is 2.40. The number of sulfonamides is 1. The number of nitrogens with one attached hydrogen (secondary N) is 1. The number of hydrogen-bond acceptors (Lipinski definition) is 4. The van der Waals surface area contributed by atoms with E-state index in [1.165, 1.54) is 30.6 Å². The molecule has 1 aromatic heterocycles. The first kappa shape index (κ1) is 12.3. The zero-order valence-electron chi connectivity index (χ0n) is 9.17. The van der Waals surface area contributed by atoms with Gasteiger partial charge in [0.05, 0.1) is 17.6 Å². The quantitative estimate of drug-likeness (QED) is 0.827. The van der Waals surface area contributed by atoms with Crippen LogP contribution in [0, 0.1) is 5.82 Å². The van der Waals surface area contributed by atoms with Gasteiger partial charge in [-0.1, -0.05) is 6.07 Å². The number of nitrogen functional groups attached to an aromatic ring is 1. The third-order valence-corrected chi connectivity index (χ3v) is 3.66. The zero-order chi connectivity index (χ0) is 13.2. The fourth-order valence-electron chi connectivity index (χ4n) is 1.38. The van der Waals surface area contributed by atoms with Crippen LogP contribution in [0.1, 0.15) is 0 Å². The van der Waals surface area contributed by atoms with Gasteiger partial charge in [-0.3, -0.25) is 9.71 Å². The minimum absolute atomic E-state index is 0.279. The summed E-state index contributed by atoms with van der Waals surface area (Å²) in [6.07, 6.45) is 2.85. The van der Waals surface area contributed by atoms with Crippen molar-refractivity contribution in [3.63, 3.8) is 0 Å². The summed E-state index contributed by atoms with van der Waals surface area (Å²) < 4.78 is 39.5. The first-order chi connectivity index (χ1) is 8.50. The molecule has 5 nitrogen and oxygen atoms in total. The highest BCUT2D eigenvalue weighted by Crippen LogP contribution is 2.23. The van der Waals surface area contributed by atoms with Crippen LogP contribution >= 0.6 is 0 Å². The van der Waals surface area contributed by atoms with Gasteiger partial charge in [0.15, 0.2) is 0 Å². The lowest BCUT2D eigenvalue weighted by atomic mass is 10.3. The average molecular weight is 267 g/mol. The summed E-state index contributed by atoms with van der Waals surface area (Å²) in [4.78, 5) is 3.47. The smallest absolute Gasteiger partial charge is 0.264 e. The van der Waals surface area contributed by atoms with Crippen molar-refractivity contribution in [3.8, 4) is 0 Å². The Bertz CT molecular complexity index is 659. The average Bonchev–Trinajstić information content (AvgIpc) is 2.33. The number of rotatable bonds is 3. The van der Waals surface area contributed by atoms with Gasteiger partial charge in [0.2, 0.25) is 0 Å². The number of para-hydroxylation sites is 1. The van der Waals surface area contributed by atoms with E-state index in [1.54, 1.807) is 6.07 Å². The summed E-state index contributed by atoms with van der Waals surface area (Å²) in [6, 6.07) is 6.71. The summed E-state index contributed by atoms with van der Waals surface area (Å²) in [5, 5.41) is 0. The van der Waals surface area contributed by atoms with Crippen molar-refractivity contribution in [2.75, 3.05) is 10.5 Å². The van der Waals surface area contributed by atoms with Crippen molar-refractivity contribution >= 4 is 21.4 Å². The molecule has 0 saturated heterocycles. The van der Waals surface area contributed by atoms with Crippen molar-refractivity contribution in [2.45, 2.75) is 4.90 Å². The maximum absolute atomic E-state index is 13.2. The van der Waals surface area contributed by atoms with Crippen LogP contribution in [-0.4, -0.2) is 13.4 Å². The molecular weight excluding hydrogens is 257 g/mol. The fourth-order valence-corrected chi connectivity index (χ4v) is 2.57. The summed E-state index contributed by atoms with van der Waals surface area (Å²) >= 11 is 0. The van der Waals surface area contributed by atoms with Gasteiger partial charge in [0.1, 0.15) is 10.7 Å². The van der Waals surface area contributed by atoms with E-state index in [0.717, 1.165) is 6.07 Å². The van der Waals surface area contributed by atoms with E-state index < -0.39 is 21.5 Å². The molecule has 0 aliphatic carbocycles. The standard InChI is InChI=1S/C11H10FN3O2S/c12-9-4-1-5-10(11(9)13)18(16,17)15-8-3-2-6-14-7-8/h1-7,15H,13H2. The van der Waals surface area contributed by atoms with E-state index in [2.05, 4.69) is 9.71 Å². The Kier molecular flexibility index (Phi) is 3.15. The van der Waals surface area contributed by atoms with Crippen molar-refractivity contribution in [1.82, 2.24) is 4.98 Å². The minimum atomic E-state index is -3.92. The second-order valence-corrected chi connectivity index (χ2v) is 5.15. The van der Waals surface area contributed by atoms with Gasteiger partial charge in [0.25, 0.3) is 10.0 Å². The summed E-state index contributed by atoms with van der Waals surface area (Å²) in [5.74, 6) is -0.774. The van der Waals surface area contributed by atoms with Gasteiger partial charge in [-0.25, -0.2) is 12.8 Å². The first-order valence-electron chi connectivity index (χ1n) is 4.97. The predicted octanol–water partition coefficient (Wildman–Crippen LogP) is 1.60. The molecule has 1 aromatic carbocycles. The van der Waals surface area contributed by atoms with Crippen LogP contribution in [-0.2, 0) is 10.0 Å². The lowest BCUT2D eigenvalue weighted by Gasteiger charge is -2.09. The molecule has 0 radical (unpaired) electrons. The molecule has 0 fully saturated rings. The van der Waals surface area contributed by atoms with Gasteiger partial charge >= 0.3 is 0 Å². The Balaban J connectivity index is 2.41. The van der Waals surface area contributed by atoms with Crippen molar-refractivity contribution in [1.29, 1.82) is 0 Å². The maximum atomic E-state index is 13.2. The van der Waals surface area contributed by atoms with E-state index >= 15 is 0 Å². The number of halogens is 1. The Morgan fingerprint density at radius 2 is 2.00 bits per heavy atom. The lowest BCUT2D eigenvalue weighted by molar-refractivity contribution is 0.597. The van der Waals surface area contributed by atoms with E-state index in [9.17, 15) is 12.8 Å². The Labute approximate surface area is 104 Å². The number of pyridine rings is 1. The van der Waals surface area contributed by atoms with Gasteiger partial charge in [0, 0.05) is 6.20 Å². The van der Waals surface area contributed by atoms with Gasteiger partial charge in [-0.05, 0) is 24.3 Å². The number of benzene rings is 1. The molecule has 0 spiro atoms. The summed E-state index contributed by atoms with van der Waals surface area (Å²) in [7, 11) is -3.92. The van der Waals surface area contributed by atoms with Crippen molar-refractivity contribution in [3.05, 3.63) is 48.5 Å². The molecule has 0 aliphatic rings. The molecule has 1 heterocycles. The SMILES string of the molecule is Nc1c(F)cccc1S(=O)(=O)Nc1cccnc1. The highest BCUT2D eigenvalue weighted by atomic mass is 32.2. The largest absolute Gasteiger partial charge is 0.395 e. The van der Waals surface area contributed by atoms with Gasteiger partial charge in [-0.15, -0.1) is 0 Å². The highest BCUT2D eigenvalue weighted by Gasteiger charge is 2.19. The number of nitrogens with zero attached hydrogens (tertiary/aromatic N) is 1. The van der Waals surface area contributed by atoms with Crippen LogP contribution in [0.25, 0.3) is 0 Å².